The number of nitrogens with one attached hydrogen (secondary N) is 2. The standard InChI is InChI=1S/C16H20N2O2/c1-2-9-17-10-11-18-16(19)15-14(8-12-20-15)13-6-4-3-5-7-13/h3-8,12,17H,2,9-11H2,1H3,(H,18,19). The average molecular weight is 272 g/mol. The second-order valence-corrected chi connectivity index (χ2v) is 4.54. The quantitative estimate of drug-likeness (QED) is 0.762. The summed E-state index contributed by atoms with van der Waals surface area (Å²) in [6.45, 7) is 4.43. The van der Waals surface area contributed by atoms with Gasteiger partial charge in [-0.25, -0.2) is 0 Å². The molecule has 0 aliphatic heterocycles. The molecule has 106 valence electrons. The summed E-state index contributed by atoms with van der Waals surface area (Å²) < 4.78 is 5.33. The van der Waals surface area contributed by atoms with Crippen LogP contribution in [0.15, 0.2) is 47.1 Å². The molecule has 2 N–H and O–H groups in total. The molecule has 0 fully saturated rings. The molecule has 4 nitrogen and oxygen atoms in total. The topological polar surface area (TPSA) is 54.3 Å². The van der Waals surface area contributed by atoms with E-state index in [1.54, 1.807) is 6.26 Å². The lowest BCUT2D eigenvalue weighted by Crippen LogP contribution is -2.32. The van der Waals surface area contributed by atoms with Crippen molar-refractivity contribution < 1.29 is 9.21 Å². The Morgan fingerprint density at radius 1 is 1.10 bits per heavy atom. The molecule has 2 rings (SSSR count). The van der Waals surface area contributed by atoms with Crippen molar-refractivity contribution in [1.82, 2.24) is 10.6 Å². The first-order valence-electron chi connectivity index (χ1n) is 6.94. The molecule has 1 heterocycles. The fourth-order valence-corrected chi connectivity index (χ4v) is 1.98. The Kier molecular flexibility index (Phi) is 5.38. The molecule has 0 unspecified atom stereocenters. The average Bonchev–Trinajstić information content (AvgIpc) is 2.97. The molecular weight excluding hydrogens is 252 g/mol. The van der Waals surface area contributed by atoms with E-state index < -0.39 is 0 Å². The van der Waals surface area contributed by atoms with Crippen molar-refractivity contribution in [1.29, 1.82) is 0 Å². The second kappa shape index (κ2) is 7.50. The van der Waals surface area contributed by atoms with Gasteiger partial charge in [-0.15, -0.1) is 0 Å². The Morgan fingerprint density at radius 2 is 1.90 bits per heavy atom. The molecule has 1 aromatic heterocycles. The Labute approximate surface area is 119 Å². The number of carbonyl (C=O) groups is 1. The summed E-state index contributed by atoms with van der Waals surface area (Å²) in [5, 5.41) is 6.10. The maximum absolute atomic E-state index is 12.1. The van der Waals surface area contributed by atoms with Gasteiger partial charge in [0.2, 0.25) is 0 Å². The molecule has 0 saturated carbocycles. The molecule has 2 aromatic rings. The van der Waals surface area contributed by atoms with Crippen molar-refractivity contribution in [3.63, 3.8) is 0 Å². The van der Waals surface area contributed by atoms with Crippen LogP contribution >= 0.6 is 0 Å². The minimum atomic E-state index is -0.174. The van der Waals surface area contributed by atoms with E-state index >= 15 is 0 Å². The number of carbonyl (C=O) groups excluding carboxylic acids is 1. The third-order valence-electron chi connectivity index (χ3n) is 2.97. The number of benzene rings is 1. The zero-order valence-corrected chi connectivity index (χ0v) is 11.7. The van der Waals surface area contributed by atoms with Gasteiger partial charge < -0.3 is 15.1 Å². The molecule has 4 heteroatoms. The third-order valence-corrected chi connectivity index (χ3v) is 2.97. The van der Waals surface area contributed by atoms with Gasteiger partial charge in [-0.2, -0.15) is 0 Å². The van der Waals surface area contributed by atoms with Crippen LogP contribution in [0.5, 0.6) is 0 Å². The predicted octanol–water partition coefficient (Wildman–Crippen LogP) is 2.68. The fourth-order valence-electron chi connectivity index (χ4n) is 1.98. The van der Waals surface area contributed by atoms with Crippen molar-refractivity contribution in [2.24, 2.45) is 0 Å². The molecule has 0 bridgehead atoms. The van der Waals surface area contributed by atoms with E-state index in [0.717, 1.165) is 30.6 Å². The minimum Gasteiger partial charge on any atom is -0.459 e. The number of furan rings is 1. The lowest BCUT2D eigenvalue weighted by atomic mass is 10.1. The molecule has 20 heavy (non-hydrogen) atoms. The van der Waals surface area contributed by atoms with Crippen molar-refractivity contribution in [3.05, 3.63) is 48.4 Å². The summed E-state index contributed by atoms with van der Waals surface area (Å²) in [7, 11) is 0. The lowest BCUT2D eigenvalue weighted by molar-refractivity contribution is 0.0927. The first-order chi connectivity index (χ1) is 9.83. The normalized spacial score (nSPS) is 10.4. The highest BCUT2D eigenvalue weighted by Gasteiger charge is 2.15. The maximum Gasteiger partial charge on any atom is 0.287 e. The second-order valence-electron chi connectivity index (χ2n) is 4.54. The molecule has 0 atom stereocenters. The van der Waals surface area contributed by atoms with Gasteiger partial charge in [0, 0.05) is 18.7 Å². The fraction of sp³-hybridized carbons (Fsp3) is 0.312. The van der Waals surface area contributed by atoms with E-state index in [0.29, 0.717) is 12.3 Å². The summed E-state index contributed by atoms with van der Waals surface area (Å²) in [5.41, 5.74) is 1.81. The van der Waals surface area contributed by atoms with Gasteiger partial charge in [0.1, 0.15) is 0 Å². The van der Waals surface area contributed by atoms with Crippen LogP contribution in [0.25, 0.3) is 11.1 Å². The van der Waals surface area contributed by atoms with E-state index in [4.69, 9.17) is 4.42 Å². The van der Waals surface area contributed by atoms with E-state index in [9.17, 15) is 4.79 Å². The largest absolute Gasteiger partial charge is 0.459 e. The van der Waals surface area contributed by atoms with Crippen LogP contribution < -0.4 is 10.6 Å². The minimum absolute atomic E-state index is 0.174. The molecule has 0 radical (unpaired) electrons. The molecule has 0 aliphatic carbocycles. The monoisotopic (exact) mass is 272 g/mol. The molecular formula is C16H20N2O2. The van der Waals surface area contributed by atoms with E-state index in [1.807, 2.05) is 36.4 Å². The summed E-state index contributed by atoms with van der Waals surface area (Å²) in [6, 6.07) is 11.6. The third kappa shape index (κ3) is 3.71. The van der Waals surface area contributed by atoms with Crippen molar-refractivity contribution in [3.8, 4) is 11.1 Å². The number of amides is 1. The first kappa shape index (κ1) is 14.3. The van der Waals surface area contributed by atoms with Crippen LogP contribution in [0, 0.1) is 0 Å². The summed E-state index contributed by atoms with van der Waals surface area (Å²) in [4.78, 5) is 12.1. The number of hydrogen-bond donors (Lipinski definition) is 2. The van der Waals surface area contributed by atoms with Crippen molar-refractivity contribution >= 4 is 5.91 Å². The molecule has 0 saturated heterocycles. The van der Waals surface area contributed by atoms with Crippen LogP contribution in [0.2, 0.25) is 0 Å². The summed E-state index contributed by atoms with van der Waals surface area (Å²) in [6.07, 6.45) is 2.64. The van der Waals surface area contributed by atoms with Gasteiger partial charge in [-0.3, -0.25) is 4.79 Å². The van der Waals surface area contributed by atoms with Crippen molar-refractivity contribution in [2.45, 2.75) is 13.3 Å². The Bertz CT molecular complexity index is 534. The van der Waals surface area contributed by atoms with E-state index in [2.05, 4.69) is 17.6 Å². The lowest BCUT2D eigenvalue weighted by Gasteiger charge is -2.06. The van der Waals surface area contributed by atoms with Gasteiger partial charge in [-0.05, 0) is 24.6 Å². The van der Waals surface area contributed by atoms with Gasteiger partial charge in [-0.1, -0.05) is 37.3 Å². The van der Waals surface area contributed by atoms with E-state index in [-0.39, 0.29) is 5.91 Å². The van der Waals surface area contributed by atoms with E-state index in [1.165, 1.54) is 0 Å². The zero-order valence-electron chi connectivity index (χ0n) is 11.7. The molecule has 1 aromatic carbocycles. The first-order valence-corrected chi connectivity index (χ1v) is 6.94. The SMILES string of the molecule is CCCNCCNC(=O)c1occc1-c1ccccc1. The zero-order chi connectivity index (χ0) is 14.2. The van der Waals surface area contributed by atoms with Crippen molar-refractivity contribution in [2.75, 3.05) is 19.6 Å². The van der Waals surface area contributed by atoms with Crippen LogP contribution in [0.4, 0.5) is 0 Å². The van der Waals surface area contributed by atoms with Crippen LogP contribution in [0.1, 0.15) is 23.9 Å². The molecule has 0 spiro atoms. The van der Waals surface area contributed by atoms with Gasteiger partial charge in [0.25, 0.3) is 5.91 Å². The highest BCUT2D eigenvalue weighted by molar-refractivity contribution is 5.98. The maximum atomic E-state index is 12.1. The highest BCUT2D eigenvalue weighted by atomic mass is 16.3. The predicted molar refractivity (Wildman–Crippen MR) is 79.6 cm³/mol. The smallest absolute Gasteiger partial charge is 0.287 e. The van der Waals surface area contributed by atoms with Crippen LogP contribution in [0.3, 0.4) is 0 Å². The molecule has 1 amide bonds. The van der Waals surface area contributed by atoms with Gasteiger partial charge in [0.15, 0.2) is 5.76 Å². The highest BCUT2D eigenvalue weighted by Crippen LogP contribution is 2.24. The number of rotatable bonds is 7. The van der Waals surface area contributed by atoms with Gasteiger partial charge >= 0.3 is 0 Å². The van der Waals surface area contributed by atoms with Gasteiger partial charge in [0.05, 0.1) is 6.26 Å². The van der Waals surface area contributed by atoms with Crippen LogP contribution in [-0.2, 0) is 0 Å². The Morgan fingerprint density at radius 3 is 2.65 bits per heavy atom. The number of hydrogen-bond acceptors (Lipinski definition) is 3. The Hall–Kier alpha value is -2.07. The summed E-state index contributed by atoms with van der Waals surface area (Å²) >= 11 is 0. The Balaban J connectivity index is 1.96. The molecule has 0 aliphatic rings. The van der Waals surface area contributed by atoms with Crippen LogP contribution in [-0.4, -0.2) is 25.5 Å². The summed E-state index contributed by atoms with van der Waals surface area (Å²) in [5.74, 6) is 0.193.